The highest BCUT2D eigenvalue weighted by atomic mass is 16.6. The lowest BCUT2D eigenvalue weighted by Crippen LogP contribution is -2.80. The van der Waals surface area contributed by atoms with Crippen LogP contribution in [0.25, 0.3) is 0 Å². The predicted molar refractivity (Wildman–Crippen MR) is 71.7 cm³/mol. The Bertz CT molecular complexity index is 621. The van der Waals surface area contributed by atoms with Crippen LogP contribution in [0.4, 0.5) is 0 Å². The van der Waals surface area contributed by atoms with Crippen molar-refractivity contribution < 1.29 is 39.5 Å². The summed E-state index contributed by atoms with van der Waals surface area (Å²) in [5.41, 5.74) is -6.96. The first-order valence-corrected chi connectivity index (χ1v) is 7.75. The smallest absolute Gasteiger partial charge is 0.342 e. The first-order chi connectivity index (χ1) is 10.6. The van der Waals surface area contributed by atoms with Gasteiger partial charge in [-0.25, -0.2) is 9.59 Å². The van der Waals surface area contributed by atoms with E-state index in [0.29, 0.717) is 0 Å². The van der Waals surface area contributed by atoms with Gasteiger partial charge in [0.05, 0.1) is 17.1 Å². The van der Waals surface area contributed by atoms with E-state index in [2.05, 4.69) is 0 Å². The second kappa shape index (κ2) is 3.88. The van der Waals surface area contributed by atoms with Gasteiger partial charge in [-0.15, -0.1) is 0 Å². The van der Waals surface area contributed by atoms with Crippen molar-refractivity contribution in [3.8, 4) is 0 Å². The molecule has 0 aromatic carbocycles. The average Bonchev–Trinajstić information content (AvgIpc) is 2.85. The average molecular weight is 328 g/mol. The zero-order valence-corrected chi connectivity index (χ0v) is 12.9. The number of hydrogen-bond acceptors (Lipinski definition) is 8. The maximum Gasteiger partial charge on any atom is 0.342 e. The topological polar surface area (TPSA) is 134 Å². The molecule has 2 aliphatic carbocycles. The normalized spacial score (nSPS) is 60.8. The van der Waals surface area contributed by atoms with Gasteiger partial charge >= 0.3 is 11.9 Å². The zero-order chi connectivity index (χ0) is 17.0. The second-order valence-electron chi connectivity index (χ2n) is 7.67. The lowest BCUT2D eigenvalue weighted by atomic mass is 9.44. The second-order valence-corrected chi connectivity index (χ2v) is 7.67. The Morgan fingerprint density at radius 3 is 2.48 bits per heavy atom. The van der Waals surface area contributed by atoms with E-state index in [1.165, 1.54) is 6.92 Å². The molecule has 8 atom stereocenters. The van der Waals surface area contributed by atoms with Gasteiger partial charge < -0.3 is 29.9 Å². The summed E-state index contributed by atoms with van der Waals surface area (Å²) in [7, 11) is 0. The molecule has 2 saturated heterocycles. The summed E-state index contributed by atoms with van der Waals surface area (Å²) in [5.74, 6) is -2.57. The molecule has 0 unspecified atom stereocenters. The van der Waals surface area contributed by atoms with Crippen LogP contribution in [0.5, 0.6) is 0 Å². The van der Waals surface area contributed by atoms with Crippen molar-refractivity contribution in [2.45, 2.75) is 56.2 Å². The highest BCUT2D eigenvalue weighted by molar-refractivity contribution is 5.87. The molecule has 2 heterocycles. The van der Waals surface area contributed by atoms with Gasteiger partial charge in [0.2, 0.25) is 5.60 Å². The summed E-state index contributed by atoms with van der Waals surface area (Å²) in [4.78, 5) is 24.4. The Labute approximate surface area is 132 Å². The molecule has 4 fully saturated rings. The highest BCUT2D eigenvalue weighted by Gasteiger charge is 2.86. The largest absolute Gasteiger partial charge is 0.463 e. The van der Waals surface area contributed by atoms with E-state index in [9.17, 15) is 30.0 Å². The Kier molecular flexibility index (Phi) is 2.58. The number of aliphatic hydroxyl groups excluding tert-OH is 2. The minimum absolute atomic E-state index is 0.115. The fourth-order valence-electron chi connectivity index (χ4n) is 5.64. The number of ether oxygens (including phenoxy) is 2. The van der Waals surface area contributed by atoms with E-state index < -0.39 is 58.2 Å². The molecule has 4 N–H and O–H groups in total. The lowest BCUT2D eigenvalue weighted by molar-refractivity contribution is -0.320. The Balaban J connectivity index is 2.02. The van der Waals surface area contributed by atoms with Crippen LogP contribution in [0.3, 0.4) is 0 Å². The zero-order valence-electron chi connectivity index (χ0n) is 12.9. The fourth-order valence-corrected chi connectivity index (χ4v) is 5.64. The molecule has 2 aliphatic heterocycles. The first-order valence-electron chi connectivity index (χ1n) is 7.75. The number of rotatable bonds is 0. The molecule has 128 valence electrons. The molecule has 2 bridgehead atoms. The number of carbonyl (C=O) groups excluding carboxylic acids is 2. The first kappa shape index (κ1) is 15.3. The summed E-state index contributed by atoms with van der Waals surface area (Å²) in [6, 6.07) is 0. The third kappa shape index (κ3) is 1.21. The molecular formula is C15H20O8. The molecule has 2 saturated carbocycles. The fraction of sp³-hybridized carbons (Fsp3) is 0.867. The van der Waals surface area contributed by atoms with Crippen LogP contribution in [0.2, 0.25) is 0 Å². The van der Waals surface area contributed by atoms with Crippen LogP contribution < -0.4 is 0 Å². The van der Waals surface area contributed by atoms with Crippen LogP contribution in [-0.4, -0.2) is 68.5 Å². The summed E-state index contributed by atoms with van der Waals surface area (Å²) >= 11 is 0. The number of cyclic esters (lactones) is 1. The van der Waals surface area contributed by atoms with Crippen LogP contribution >= 0.6 is 0 Å². The standard InChI is InChI=1S/C15H20O8/c1-6-7(16)3-14(20)12(2)5-22-11(19)15(12,21)8-4-13(6,14)9(17)10(18)23-8/h6-9,16-17,20-21H,3-5H2,1-2H3/t6-,7-,8-,9-,12+,13+,14+,15-/m1/s1. The van der Waals surface area contributed by atoms with Gasteiger partial charge in [0, 0.05) is 11.8 Å². The van der Waals surface area contributed by atoms with Gasteiger partial charge in [-0.3, -0.25) is 0 Å². The van der Waals surface area contributed by atoms with Crippen molar-refractivity contribution in [1.29, 1.82) is 0 Å². The molecule has 8 nitrogen and oxygen atoms in total. The maximum atomic E-state index is 12.2. The van der Waals surface area contributed by atoms with E-state index in [1.807, 2.05) is 0 Å². The van der Waals surface area contributed by atoms with E-state index in [-0.39, 0.29) is 19.4 Å². The van der Waals surface area contributed by atoms with Gasteiger partial charge in [-0.2, -0.15) is 0 Å². The van der Waals surface area contributed by atoms with E-state index in [0.717, 1.165) is 0 Å². The van der Waals surface area contributed by atoms with Crippen molar-refractivity contribution in [2.75, 3.05) is 6.61 Å². The molecule has 0 radical (unpaired) electrons. The molecule has 8 heteroatoms. The third-order valence-electron chi connectivity index (χ3n) is 7.18. The maximum absolute atomic E-state index is 12.2. The number of hydrogen-bond donors (Lipinski definition) is 4. The van der Waals surface area contributed by atoms with Crippen LogP contribution in [0.15, 0.2) is 0 Å². The minimum Gasteiger partial charge on any atom is -0.463 e. The predicted octanol–water partition coefficient (Wildman–Crippen LogP) is -1.91. The van der Waals surface area contributed by atoms with Crippen molar-refractivity contribution in [3.63, 3.8) is 0 Å². The van der Waals surface area contributed by atoms with E-state index in [1.54, 1.807) is 6.92 Å². The summed E-state index contributed by atoms with van der Waals surface area (Å²) in [6.45, 7) is 2.85. The quantitative estimate of drug-likeness (QED) is 0.379. The number of fused-ring (bicyclic) bond motifs is 4. The van der Waals surface area contributed by atoms with E-state index >= 15 is 0 Å². The summed E-state index contributed by atoms with van der Waals surface area (Å²) < 4.78 is 10.1. The SMILES string of the molecule is C[C@@H]1[C@H](O)C[C@@]2(O)[C@@]13C[C@@H](OC(=O)[C@H]3O)[C@@]1(O)C(=O)OC[C@@]21C. The van der Waals surface area contributed by atoms with Gasteiger partial charge in [-0.1, -0.05) is 6.92 Å². The van der Waals surface area contributed by atoms with Gasteiger partial charge in [0.1, 0.15) is 12.7 Å². The minimum atomic E-state index is -2.20. The lowest BCUT2D eigenvalue weighted by Gasteiger charge is -2.64. The van der Waals surface area contributed by atoms with Gasteiger partial charge in [-0.05, 0) is 19.3 Å². The van der Waals surface area contributed by atoms with Gasteiger partial charge in [0.25, 0.3) is 0 Å². The monoisotopic (exact) mass is 328 g/mol. The Hall–Kier alpha value is -1.22. The van der Waals surface area contributed by atoms with Crippen molar-refractivity contribution in [2.24, 2.45) is 16.7 Å². The molecule has 0 aromatic rings. The Morgan fingerprint density at radius 1 is 1.17 bits per heavy atom. The summed E-state index contributed by atoms with van der Waals surface area (Å²) in [5, 5.41) is 43.5. The van der Waals surface area contributed by atoms with Gasteiger partial charge in [0.15, 0.2) is 6.10 Å². The van der Waals surface area contributed by atoms with Crippen LogP contribution in [0.1, 0.15) is 26.7 Å². The Morgan fingerprint density at radius 2 is 1.83 bits per heavy atom. The van der Waals surface area contributed by atoms with Crippen LogP contribution in [0, 0.1) is 16.7 Å². The number of aliphatic hydroxyl groups is 4. The molecule has 4 rings (SSSR count). The molecular weight excluding hydrogens is 308 g/mol. The summed E-state index contributed by atoms with van der Waals surface area (Å²) in [6.07, 6.45) is -4.15. The number of esters is 2. The van der Waals surface area contributed by atoms with Crippen molar-refractivity contribution in [1.82, 2.24) is 0 Å². The third-order valence-corrected chi connectivity index (χ3v) is 7.18. The molecule has 4 aliphatic rings. The van der Waals surface area contributed by atoms with Crippen molar-refractivity contribution >= 4 is 11.9 Å². The molecule has 0 amide bonds. The molecule has 1 spiro atoms. The molecule has 0 aromatic heterocycles. The van der Waals surface area contributed by atoms with Crippen LogP contribution in [-0.2, 0) is 19.1 Å². The molecule has 23 heavy (non-hydrogen) atoms. The van der Waals surface area contributed by atoms with E-state index in [4.69, 9.17) is 9.47 Å². The number of carbonyl (C=O) groups is 2. The highest BCUT2D eigenvalue weighted by Crippen LogP contribution is 2.71. The van der Waals surface area contributed by atoms with Crippen molar-refractivity contribution in [3.05, 3.63) is 0 Å².